The fraction of sp³-hybridized carbons (Fsp3) is 0.211. The lowest BCUT2D eigenvalue weighted by atomic mass is 10.1. The second kappa shape index (κ2) is 10.3. The van der Waals surface area contributed by atoms with Crippen LogP contribution in [0.25, 0.3) is 6.08 Å². The van der Waals surface area contributed by atoms with E-state index in [4.69, 9.17) is 15.6 Å². The zero-order chi connectivity index (χ0) is 17.9. The first-order valence-corrected chi connectivity index (χ1v) is 7.50. The number of halogens is 1. The molecule has 0 aromatic heterocycles. The van der Waals surface area contributed by atoms with Crippen molar-refractivity contribution in [3.05, 3.63) is 71.6 Å². The Bertz CT molecular complexity index is 667. The van der Waals surface area contributed by atoms with Crippen molar-refractivity contribution in [2.45, 2.75) is 0 Å². The van der Waals surface area contributed by atoms with Crippen molar-refractivity contribution in [1.82, 2.24) is 4.90 Å². The summed E-state index contributed by atoms with van der Waals surface area (Å²) >= 11 is 0. The summed E-state index contributed by atoms with van der Waals surface area (Å²) in [5.41, 5.74) is 1.22. The number of aliphatic hydroxyl groups is 1. The topological polar surface area (TPSA) is 67.5 Å². The van der Waals surface area contributed by atoms with Gasteiger partial charge in [0.1, 0.15) is 11.6 Å². The van der Waals surface area contributed by atoms with Crippen molar-refractivity contribution in [2.75, 3.05) is 27.2 Å². The van der Waals surface area contributed by atoms with Crippen molar-refractivity contribution >= 4 is 11.8 Å². The predicted octanol–water partition coefficient (Wildman–Crippen LogP) is 3.15. The molecule has 0 spiro atoms. The Kier molecular flexibility index (Phi) is 8.39. The number of hydrogen-bond acceptors (Lipinski definition) is 4. The Morgan fingerprint density at radius 2 is 1.75 bits per heavy atom. The number of nitrogens with zero attached hydrogens (tertiary/aromatic N) is 1. The van der Waals surface area contributed by atoms with Crippen LogP contribution in [0.3, 0.4) is 0 Å². The Morgan fingerprint density at radius 3 is 2.25 bits per heavy atom. The van der Waals surface area contributed by atoms with Crippen LogP contribution in [-0.2, 0) is 0 Å². The van der Waals surface area contributed by atoms with Gasteiger partial charge in [0, 0.05) is 12.1 Å². The summed E-state index contributed by atoms with van der Waals surface area (Å²) in [6, 6.07) is 12.8. The van der Waals surface area contributed by atoms with E-state index in [2.05, 4.69) is 0 Å². The van der Waals surface area contributed by atoms with Crippen LogP contribution in [0.5, 0.6) is 5.75 Å². The smallest absolute Gasteiger partial charge is 0.132 e. The highest BCUT2D eigenvalue weighted by atomic mass is 19.1. The van der Waals surface area contributed by atoms with Crippen LogP contribution in [-0.4, -0.2) is 48.1 Å². The molecule has 0 aliphatic heterocycles. The predicted molar refractivity (Wildman–Crippen MR) is 96.0 cm³/mol. The molecular weight excluding hydrogens is 307 g/mol. The maximum atomic E-state index is 13.4. The van der Waals surface area contributed by atoms with Gasteiger partial charge in [0.2, 0.25) is 0 Å². The third-order valence-corrected chi connectivity index (χ3v) is 3.05. The van der Waals surface area contributed by atoms with Crippen LogP contribution in [0.4, 0.5) is 4.39 Å². The molecule has 0 heterocycles. The van der Waals surface area contributed by atoms with E-state index >= 15 is 0 Å². The summed E-state index contributed by atoms with van der Waals surface area (Å²) in [6.07, 6.45) is 3.24. The van der Waals surface area contributed by atoms with E-state index in [0.29, 0.717) is 0 Å². The number of benzene rings is 2. The summed E-state index contributed by atoms with van der Waals surface area (Å²) in [5, 5.41) is 25.1. The van der Waals surface area contributed by atoms with Crippen molar-refractivity contribution in [2.24, 2.45) is 0 Å². The molecule has 3 N–H and O–H groups in total. The first-order chi connectivity index (χ1) is 11.4. The number of aliphatic hydroxyl groups excluding tert-OH is 1. The SMILES string of the molecule is CN(C)CCO.N=C(/C=C/c1ccc(O)cc1)c1ccccc1F. The molecular formula is C19H23FN2O2. The van der Waals surface area contributed by atoms with Crippen molar-refractivity contribution < 1.29 is 14.6 Å². The van der Waals surface area contributed by atoms with Crippen molar-refractivity contribution in [1.29, 1.82) is 5.41 Å². The van der Waals surface area contributed by atoms with Gasteiger partial charge in [-0.25, -0.2) is 4.39 Å². The van der Waals surface area contributed by atoms with Gasteiger partial charge < -0.3 is 20.5 Å². The van der Waals surface area contributed by atoms with Gasteiger partial charge in [0.05, 0.1) is 12.3 Å². The van der Waals surface area contributed by atoms with E-state index in [0.717, 1.165) is 12.1 Å². The first-order valence-electron chi connectivity index (χ1n) is 7.50. The van der Waals surface area contributed by atoms with Gasteiger partial charge in [-0.2, -0.15) is 0 Å². The lowest BCUT2D eigenvalue weighted by Crippen LogP contribution is -2.15. The standard InChI is InChI=1S/C15H12FNO.C4H11NO/c16-14-4-2-1-3-13(14)15(17)10-7-11-5-8-12(18)9-6-11;1-5(2)3-4-6/h1-10,17-18H;6H,3-4H2,1-2H3/b10-7+,17-15?;. The number of phenols is 1. The molecule has 2 rings (SSSR count). The molecule has 0 amide bonds. The molecule has 0 atom stereocenters. The highest BCUT2D eigenvalue weighted by molar-refractivity contribution is 6.08. The largest absolute Gasteiger partial charge is 0.508 e. The van der Waals surface area contributed by atoms with E-state index in [1.54, 1.807) is 48.5 Å². The number of aromatic hydroxyl groups is 1. The Labute approximate surface area is 142 Å². The van der Waals surface area contributed by atoms with E-state index in [9.17, 15) is 4.39 Å². The summed E-state index contributed by atoms with van der Waals surface area (Å²) in [5.74, 6) is -0.214. The van der Waals surface area contributed by atoms with Gasteiger partial charge in [-0.1, -0.05) is 30.3 Å². The van der Waals surface area contributed by atoms with Crippen LogP contribution < -0.4 is 0 Å². The molecule has 0 aliphatic rings. The molecule has 0 saturated heterocycles. The minimum atomic E-state index is -0.405. The number of phenolic OH excluding ortho intramolecular Hbond substituents is 1. The number of rotatable bonds is 5. The van der Waals surface area contributed by atoms with Gasteiger partial charge >= 0.3 is 0 Å². The van der Waals surface area contributed by atoms with Gasteiger partial charge in [-0.3, -0.25) is 0 Å². The molecule has 2 aromatic rings. The number of allylic oxidation sites excluding steroid dienone is 1. The highest BCUT2D eigenvalue weighted by Gasteiger charge is 2.03. The summed E-state index contributed by atoms with van der Waals surface area (Å²) in [7, 11) is 3.85. The molecule has 0 bridgehead atoms. The molecule has 2 aromatic carbocycles. The maximum Gasteiger partial charge on any atom is 0.132 e. The van der Waals surface area contributed by atoms with E-state index < -0.39 is 5.82 Å². The van der Waals surface area contributed by atoms with E-state index in [1.165, 1.54) is 12.1 Å². The van der Waals surface area contributed by atoms with Crippen LogP contribution in [0.1, 0.15) is 11.1 Å². The quantitative estimate of drug-likeness (QED) is 0.738. The monoisotopic (exact) mass is 330 g/mol. The molecule has 0 saturated carbocycles. The van der Waals surface area contributed by atoms with Gasteiger partial charge in [0.25, 0.3) is 0 Å². The van der Waals surface area contributed by atoms with Gasteiger partial charge in [-0.05, 0) is 50.0 Å². The Balaban J connectivity index is 0.000000413. The number of hydrogen-bond donors (Lipinski definition) is 3. The summed E-state index contributed by atoms with van der Waals surface area (Å²) < 4.78 is 13.4. The van der Waals surface area contributed by atoms with Crippen LogP contribution in [0.2, 0.25) is 0 Å². The fourth-order valence-corrected chi connectivity index (χ4v) is 1.73. The van der Waals surface area contributed by atoms with E-state index in [1.807, 2.05) is 19.0 Å². The Hall–Kier alpha value is -2.50. The number of nitrogens with one attached hydrogen (secondary N) is 1. The molecule has 0 aliphatic carbocycles. The first kappa shape index (κ1) is 19.5. The zero-order valence-corrected chi connectivity index (χ0v) is 13.9. The highest BCUT2D eigenvalue weighted by Crippen LogP contribution is 2.12. The van der Waals surface area contributed by atoms with Crippen LogP contribution >= 0.6 is 0 Å². The molecule has 5 heteroatoms. The maximum absolute atomic E-state index is 13.4. The van der Waals surface area contributed by atoms with Crippen molar-refractivity contribution in [3.8, 4) is 5.75 Å². The van der Waals surface area contributed by atoms with Crippen LogP contribution in [0.15, 0.2) is 54.6 Å². The third-order valence-electron chi connectivity index (χ3n) is 3.05. The van der Waals surface area contributed by atoms with Crippen molar-refractivity contribution in [3.63, 3.8) is 0 Å². The summed E-state index contributed by atoms with van der Waals surface area (Å²) in [4.78, 5) is 1.93. The van der Waals surface area contributed by atoms with Crippen LogP contribution in [0, 0.1) is 11.2 Å². The number of likely N-dealkylation sites (N-methyl/N-ethyl adjacent to an activating group) is 1. The lowest BCUT2D eigenvalue weighted by Gasteiger charge is -2.03. The molecule has 24 heavy (non-hydrogen) atoms. The van der Waals surface area contributed by atoms with Gasteiger partial charge in [-0.15, -0.1) is 0 Å². The molecule has 0 fully saturated rings. The summed E-state index contributed by atoms with van der Waals surface area (Å²) in [6.45, 7) is 1.02. The normalized spacial score (nSPS) is 10.5. The third kappa shape index (κ3) is 7.17. The average Bonchev–Trinajstić information content (AvgIpc) is 2.55. The lowest BCUT2D eigenvalue weighted by molar-refractivity contribution is 0.243. The average molecular weight is 330 g/mol. The minimum Gasteiger partial charge on any atom is -0.508 e. The molecule has 0 radical (unpaired) electrons. The van der Waals surface area contributed by atoms with E-state index in [-0.39, 0.29) is 23.6 Å². The minimum absolute atomic E-state index is 0.112. The second-order valence-electron chi connectivity index (χ2n) is 5.35. The molecule has 4 nitrogen and oxygen atoms in total. The zero-order valence-electron chi connectivity index (χ0n) is 13.9. The molecule has 128 valence electrons. The van der Waals surface area contributed by atoms with Gasteiger partial charge in [0.15, 0.2) is 0 Å². The Morgan fingerprint density at radius 1 is 1.12 bits per heavy atom. The second-order valence-corrected chi connectivity index (χ2v) is 5.35. The molecule has 0 unspecified atom stereocenters. The fourth-order valence-electron chi connectivity index (χ4n) is 1.73.